The van der Waals surface area contributed by atoms with Crippen LogP contribution in [0.5, 0.6) is 17.5 Å². The lowest BCUT2D eigenvalue weighted by Crippen LogP contribution is -2.52. The van der Waals surface area contributed by atoms with E-state index in [1.807, 2.05) is 19.1 Å². The van der Waals surface area contributed by atoms with Crippen LogP contribution in [0.2, 0.25) is 0 Å². The molecule has 4 aromatic rings. The third-order valence-electron chi connectivity index (χ3n) is 6.20. The summed E-state index contributed by atoms with van der Waals surface area (Å²) in [6.45, 7) is 3.77. The van der Waals surface area contributed by atoms with E-state index >= 15 is 0 Å². The van der Waals surface area contributed by atoms with Gasteiger partial charge in [0, 0.05) is 44.1 Å². The number of anilines is 2. The molecule has 0 atom stereocenters. The largest absolute Gasteiger partial charge is 0.484 e. The molecule has 0 spiro atoms. The molecule has 174 valence electrons. The Balaban J connectivity index is 1.53. The van der Waals surface area contributed by atoms with Gasteiger partial charge in [0.1, 0.15) is 28.8 Å². The third kappa shape index (κ3) is 3.51. The predicted octanol–water partition coefficient (Wildman–Crippen LogP) is 3.34. The van der Waals surface area contributed by atoms with Gasteiger partial charge in [-0.05, 0) is 36.8 Å². The van der Waals surface area contributed by atoms with Crippen LogP contribution in [-0.4, -0.2) is 54.1 Å². The fourth-order valence-electron chi connectivity index (χ4n) is 4.59. The van der Waals surface area contributed by atoms with Crippen molar-refractivity contribution in [1.82, 2.24) is 20.3 Å². The highest BCUT2D eigenvalue weighted by molar-refractivity contribution is 6.14. The summed E-state index contributed by atoms with van der Waals surface area (Å²) in [6, 6.07) is 8.49. The first-order valence-corrected chi connectivity index (χ1v) is 11.1. The maximum absolute atomic E-state index is 14.4. The Bertz CT molecular complexity index is 1450. The Kier molecular flexibility index (Phi) is 4.68. The summed E-state index contributed by atoms with van der Waals surface area (Å²) in [5, 5.41) is 7.40. The van der Waals surface area contributed by atoms with Gasteiger partial charge in [0.05, 0.1) is 16.6 Å². The number of halogens is 1. The highest BCUT2D eigenvalue weighted by Gasteiger charge is 2.31. The van der Waals surface area contributed by atoms with Crippen LogP contribution in [0.4, 0.5) is 15.9 Å². The fraction of sp³-hybridized carbons (Fsp3) is 0.292. The maximum Gasteiger partial charge on any atom is 0.325 e. The average molecular weight is 462 g/mol. The molecule has 3 aliphatic heterocycles. The molecular formula is C24H23FN6O3. The number of H-pyrrole nitrogens is 1. The van der Waals surface area contributed by atoms with Gasteiger partial charge < -0.3 is 30.0 Å². The average Bonchev–Trinajstić information content (AvgIpc) is 3.13. The van der Waals surface area contributed by atoms with Gasteiger partial charge in [-0.3, -0.25) is 4.79 Å². The number of aryl methyl sites for hydroxylation is 1. The number of carbonyl (C=O) groups excluding carboxylic acids is 1. The smallest absolute Gasteiger partial charge is 0.325 e. The SMILES string of the molecule is CNc1cc(F)cc2c1[nH]c1nc3nc(c12)N1CC(CNC(=O)COc2cc(C)cc(c2)O3)C1. The van der Waals surface area contributed by atoms with Gasteiger partial charge in [-0.1, -0.05) is 0 Å². The molecule has 0 radical (unpaired) electrons. The fourth-order valence-corrected chi connectivity index (χ4v) is 4.59. The first-order valence-electron chi connectivity index (χ1n) is 11.1. The lowest BCUT2D eigenvalue weighted by atomic mass is 9.99. The number of fused-ring (bicyclic) bond motifs is 7. The number of hydrogen-bond acceptors (Lipinski definition) is 7. The van der Waals surface area contributed by atoms with Crippen molar-refractivity contribution in [3.05, 3.63) is 41.7 Å². The van der Waals surface area contributed by atoms with E-state index in [1.54, 1.807) is 13.1 Å². The van der Waals surface area contributed by atoms with Crippen LogP contribution >= 0.6 is 0 Å². The number of nitrogens with one attached hydrogen (secondary N) is 3. The number of ether oxygens (including phenoxy) is 2. The zero-order valence-electron chi connectivity index (χ0n) is 18.7. The van der Waals surface area contributed by atoms with Gasteiger partial charge in [-0.2, -0.15) is 9.97 Å². The number of carbonyl (C=O) groups is 1. The monoisotopic (exact) mass is 462 g/mol. The molecule has 3 N–H and O–H groups in total. The number of benzene rings is 2. The molecule has 34 heavy (non-hydrogen) atoms. The van der Waals surface area contributed by atoms with Crippen molar-refractivity contribution >= 4 is 39.3 Å². The molecule has 1 amide bonds. The van der Waals surface area contributed by atoms with Gasteiger partial charge in [0.2, 0.25) is 0 Å². The highest BCUT2D eigenvalue weighted by atomic mass is 19.1. The number of nitrogens with zero attached hydrogens (tertiary/aromatic N) is 3. The second-order valence-corrected chi connectivity index (χ2v) is 8.75. The van der Waals surface area contributed by atoms with Gasteiger partial charge in [-0.15, -0.1) is 0 Å². The second kappa shape index (κ2) is 7.75. The molecule has 0 unspecified atom stereocenters. The van der Waals surface area contributed by atoms with Crippen molar-refractivity contribution in [2.45, 2.75) is 6.92 Å². The zero-order chi connectivity index (χ0) is 23.4. The molecule has 9 nitrogen and oxygen atoms in total. The number of amides is 1. The summed E-state index contributed by atoms with van der Waals surface area (Å²) in [7, 11) is 1.75. The Morgan fingerprint density at radius 3 is 2.79 bits per heavy atom. The summed E-state index contributed by atoms with van der Waals surface area (Å²) >= 11 is 0. The molecule has 2 aromatic carbocycles. The van der Waals surface area contributed by atoms with E-state index < -0.39 is 0 Å². The minimum Gasteiger partial charge on any atom is -0.484 e. The Morgan fingerprint density at radius 1 is 1.15 bits per heavy atom. The third-order valence-corrected chi connectivity index (χ3v) is 6.20. The Morgan fingerprint density at radius 2 is 1.97 bits per heavy atom. The van der Waals surface area contributed by atoms with Crippen LogP contribution < -0.4 is 25.0 Å². The lowest BCUT2D eigenvalue weighted by Gasteiger charge is -2.40. The molecule has 0 saturated carbocycles. The van der Waals surface area contributed by atoms with E-state index in [1.165, 1.54) is 12.1 Å². The minimum absolute atomic E-state index is 0.0715. The molecular weight excluding hydrogens is 439 g/mol. The van der Waals surface area contributed by atoms with Crippen LogP contribution in [0, 0.1) is 18.7 Å². The van der Waals surface area contributed by atoms with E-state index in [4.69, 9.17) is 14.5 Å². The molecule has 0 aliphatic carbocycles. The van der Waals surface area contributed by atoms with E-state index in [2.05, 4.69) is 25.5 Å². The molecule has 1 saturated heterocycles. The van der Waals surface area contributed by atoms with Crippen LogP contribution in [0.25, 0.3) is 21.9 Å². The Labute approximate surface area is 194 Å². The van der Waals surface area contributed by atoms with Crippen LogP contribution in [0.1, 0.15) is 5.56 Å². The molecule has 3 aliphatic rings. The number of rotatable bonds is 1. The summed E-state index contributed by atoms with van der Waals surface area (Å²) in [5.74, 6) is 1.43. The van der Waals surface area contributed by atoms with Crippen molar-refractivity contribution in [2.75, 3.05) is 43.5 Å². The van der Waals surface area contributed by atoms with E-state index in [-0.39, 0.29) is 30.3 Å². The first-order chi connectivity index (χ1) is 16.5. The minimum atomic E-state index is -0.348. The number of aromatic nitrogens is 3. The molecule has 2 aromatic heterocycles. The Hall–Kier alpha value is -4.08. The summed E-state index contributed by atoms with van der Waals surface area (Å²) in [5.41, 5.74) is 2.84. The van der Waals surface area contributed by atoms with Gasteiger partial charge in [-0.25, -0.2) is 4.39 Å². The molecule has 1 fully saturated rings. The van der Waals surface area contributed by atoms with E-state index in [0.29, 0.717) is 53.7 Å². The number of aromatic amines is 1. The lowest BCUT2D eigenvalue weighted by molar-refractivity contribution is -0.123. The van der Waals surface area contributed by atoms with Crippen molar-refractivity contribution in [3.8, 4) is 17.5 Å². The predicted molar refractivity (Wildman–Crippen MR) is 126 cm³/mol. The van der Waals surface area contributed by atoms with Crippen LogP contribution in [0.15, 0.2) is 30.3 Å². The number of hydrogen-bond donors (Lipinski definition) is 3. The van der Waals surface area contributed by atoms with E-state index in [0.717, 1.165) is 16.5 Å². The van der Waals surface area contributed by atoms with Gasteiger partial charge in [0.15, 0.2) is 6.61 Å². The topological polar surface area (TPSA) is 104 Å². The van der Waals surface area contributed by atoms with Gasteiger partial charge in [0.25, 0.3) is 5.91 Å². The molecule has 6 bridgehead atoms. The summed E-state index contributed by atoms with van der Waals surface area (Å²) in [6.07, 6.45) is 0. The van der Waals surface area contributed by atoms with Crippen LogP contribution in [0.3, 0.4) is 0 Å². The standard InChI is InChI=1S/C24H23FN6O3/c1-12-3-15-7-16(4-12)34-24-29-22-20(17-5-14(25)6-18(26-2)21(17)28-22)23(30-24)31-9-13(10-31)8-27-19(32)11-33-15/h3-7,13,26H,8-11H2,1-2H3,(H,27,32)(H,28,29,30). The molecule has 10 heteroatoms. The van der Waals surface area contributed by atoms with Crippen molar-refractivity contribution in [2.24, 2.45) is 5.92 Å². The highest BCUT2D eigenvalue weighted by Crippen LogP contribution is 2.39. The zero-order valence-corrected chi connectivity index (χ0v) is 18.7. The van der Waals surface area contributed by atoms with Crippen molar-refractivity contribution in [3.63, 3.8) is 0 Å². The maximum atomic E-state index is 14.4. The van der Waals surface area contributed by atoms with Crippen LogP contribution in [-0.2, 0) is 4.79 Å². The van der Waals surface area contributed by atoms with Crippen molar-refractivity contribution in [1.29, 1.82) is 0 Å². The normalized spacial score (nSPS) is 16.2. The van der Waals surface area contributed by atoms with E-state index in [9.17, 15) is 9.18 Å². The quantitative estimate of drug-likeness (QED) is 0.399. The van der Waals surface area contributed by atoms with Gasteiger partial charge >= 0.3 is 6.01 Å². The second-order valence-electron chi connectivity index (χ2n) is 8.75. The first kappa shape index (κ1) is 20.5. The van der Waals surface area contributed by atoms with Crippen molar-refractivity contribution < 1.29 is 18.7 Å². The summed E-state index contributed by atoms with van der Waals surface area (Å²) < 4.78 is 26.1. The summed E-state index contributed by atoms with van der Waals surface area (Å²) in [4.78, 5) is 27.0. The molecule has 7 rings (SSSR count). The molecule has 5 heterocycles.